The summed E-state index contributed by atoms with van der Waals surface area (Å²) in [6, 6.07) is 5.47. The Bertz CT molecular complexity index is 804. The Morgan fingerprint density at radius 2 is 2.00 bits per heavy atom. The zero-order chi connectivity index (χ0) is 14.3. The zero-order valence-corrected chi connectivity index (χ0v) is 14.2. The molecule has 3 aromatic rings. The molecule has 0 fully saturated rings. The fraction of sp³-hybridized carbons (Fsp3) is 0.0769. The van der Waals surface area contributed by atoms with Gasteiger partial charge in [0.1, 0.15) is 5.82 Å². The lowest BCUT2D eigenvalue weighted by Crippen LogP contribution is -1.98. The summed E-state index contributed by atoms with van der Waals surface area (Å²) in [5.74, 6) is 1.34. The summed E-state index contributed by atoms with van der Waals surface area (Å²) in [6.07, 6.45) is 0. The van der Waals surface area contributed by atoms with Gasteiger partial charge in [0.05, 0.1) is 14.3 Å². The number of fused-ring (bicyclic) bond motifs is 1. The SMILES string of the molecule is CNc1nc(-c2csc(Br)c2)nc2c(Cl)cc(Cl)cc12. The third-order valence-corrected chi connectivity index (χ3v) is 4.79. The van der Waals surface area contributed by atoms with Crippen molar-refractivity contribution in [3.8, 4) is 11.4 Å². The van der Waals surface area contributed by atoms with Gasteiger partial charge in [0.25, 0.3) is 0 Å². The largest absolute Gasteiger partial charge is 0.373 e. The fourth-order valence-electron chi connectivity index (χ4n) is 1.90. The van der Waals surface area contributed by atoms with Crippen molar-refractivity contribution in [2.45, 2.75) is 0 Å². The molecule has 2 aromatic heterocycles. The highest BCUT2D eigenvalue weighted by Gasteiger charge is 2.13. The van der Waals surface area contributed by atoms with E-state index in [1.54, 1.807) is 17.4 Å². The molecule has 0 aliphatic rings. The Balaban J connectivity index is 2.31. The lowest BCUT2D eigenvalue weighted by atomic mass is 10.2. The van der Waals surface area contributed by atoms with Crippen LogP contribution in [-0.4, -0.2) is 17.0 Å². The first kappa shape index (κ1) is 14.1. The minimum Gasteiger partial charge on any atom is -0.373 e. The highest BCUT2D eigenvalue weighted by Crippen LogP contribution is 2.34. The average molecular weight is 389 g/mol. The van der Waals surface area contributed by atoms with Gasteiger partial charge in [0.15, 0.2) is 5.82 Å². The highest BCUT2D eigenvalue weighted by atomic mass is 79.9. The maximum absolute atomic E-state index is 6.25. The van der Waals surface area contributed by atoms with Crippen molar-refractivity contribution in [2.75, 3.05) is 12.4 Å². The molecule has 0 saturated heterocycles. The van der Waals surface area contributed by atoms with Crippen LogP contribution in [0.5, 0.6) is 0 Å². The molecule has 3 nitrogen and oxygen atoms in total. The van der Waals surface area contributed by atoms with Crippen LogP contribution in [0.1, 0.15) is 0 Å². The zero-order valence-electron chi connectivity index (χ0n) is 10.2. The van der Waals surface area contributed by atoms with Crippen molar-refractivity contribution in [1.82, 2.24) is 9.97 Å². The van der Waals surface area contributed by atoms with Gasteiger partial charge in [-0.15, -0.1) is 11.3 Å². The molecule has 102 valence electrons. The van der Waals surface area contributed by atoms with Gasteiger partial charge in [-0.3, -0.25) is 0 Å². The van der Waals surface area contributed by atoms with Gasteiger partial charge in [-0.1, -0.05) is 23.2 Å². The molecule has 0 aliphatic carbocycles. The lowest BCUT2D eigenvalue weighted by molar-refractivity contribution is 1.22. The van der Waals surface area contributed by atoms with E-state index in [1.807, 2.05) is 24.6 Å². The predicted molar refractivity (Wildman–Crippen MR) is 90.1 cm³/mol. The van der Waals surface area contributed by atoms with E-state index in [0.717, 1.165) is 14.7 Å². The maximum Gasteiger partial charge on any atom is 0.163 e. The van der Waals surface area contributed by atoms with Gasteiger partial charge < -0.3 is 5.32 Å². The Kier molecular flexibility index (Phi) is 3.86. The first-order valence-electron chi connectivity index (χ1n) is 5.67. The molecule has 0 spiro atoms. The number of nitrogens with one attached hydrogen (secondary N) is 1. The van der Waals surface area contributed by atoms with Crippen molar-refractivity contribution in [3.63, 3.8) is 0 Å². The molecule has 0 bridgehead atoms. The van der Waals surface area contributed by atoms with Gasteiger partial charge in [-0.25, -0.2) is 9.97 Å². The van der Waals surface area contributed by atoms with Crippen LogP contribution in [0, 0.1) is 0 Å². The van der Waals surface area contributed by atoms with Crippen molar-refractivity contribution in [1.29, 1.82) is 0 Å². The second-order valence-electron chi connectivity index (χ2n) is 4.07. The number of halogens is 3. The molecule has 0 radical (unpaired) electrons. The summed E-state index contributed by atoms with van der Waals surface area (Å²) in [6.45, 7) is 0. The monoisotopic (exact) mass is 387 g/mol. The van der Waals surface area contributed by atoms with Gasteiger partial charge in [-0.2, -0.15) is 0 Å². The second kappa shape index (κ2) is 5.48. The standard InChI is InChI=1S/C13H8BrCl2N3S/c1-17-13-8-3-7(15)4-9(16)11(8)18-12(19-13)6-2-10(14)20-5-6/h2-5H,1H3,(H,17,18,19). The average Bonchev–Trinajstić information content (AvgIpc) is 2.84. The van der Waals surface area contributed by atoms with Crippen LogP contribution in [0.2, 0.25) is 10.0 Å². The molecule has 1 N–H and O–H groups in total. The molecule has 7 heteroatoms. The highest BCUT2D eigenvalue weighted by molar-refractivity contribution is 9.11. The Labute approximate surface area is 138 Å². The summed E-state index contributed by atoms with van der Waals surface area (Å²) < 4.78 is 1.03. The molecule has 3 rings (SSSR count). The first-order chi connectivity index (χ1) is 9.58. The Hall–Kier alpha value is -0.880. The molecule has 0 unspecified atom stereocenters. The van der Waals surface area contributed by atoms with Crippen molar-refractivity contribution < 1.29 is 0 Å². The number of aromatic nitrogens is 2. The van der Waals surface area contributed by atoms with E-state index >= 15 is 0 Å². The van der Waals surface area contributed by atoms with Crippen LogP contribution in [0.4, 0.5) is 5.82 Å². The molecule has 2 heterocycles. The third-order valence-electron chi connectivity index (χ3n) is 2.78. The molecule has 0 aliphatic heterocycles. The summed E-state index contributed by atoms with van der Waals surface area (Å²) in [7, 11) is 1.81. The Morgan fingerprint density at radius 1 is 1.20 bits per heavy atom. The smallest absolute Gasteiger partial charge is 0.163 e. The number of rotatable bonds is 2. The van der Waals surface area contributed by atoms with E-state index in [0.29, 0.717) is 27.2 Å². The molecule has 0 amide bonds. The van der Waals surface area contributed by atoms with E-state index < -0.39 is 0 Å². The lowest BCUT2D eigenvalue weighted by Gasteiger charge is -2.09. The minimum atomic E-state index is 0.516. The Morgan fingerprint density at radius 3 is 2.65 bits per heavy atom. The first-order valence-corrected chi connectivity index (χ1v) is 8.10. The predicted octanol–water partition coefficient (Wildman–Crippen LogP) is 5.47. The number of nitrogens with zero attached hydrogens (tertiary/aromatic N) is 2. The minimum absolute atomic E-state index is 0.516. The van der Waals surface area contributed by atoms with E-state index in [2.05, 4.69) is 31.2 Å². The molecule has 0 saturated carbocycles. The number of hydrogen-bond acceptors (Lipinski definition) is 4. The van der Waals surface area contributed by atoms with Gasteiger partial charge in [0, 0.05) is 28.4 Å². The topological polar surface area (TPSA) is 37.8 Å². The maximum atomic E-state index is 6.25. The van der Waals surface area contributed by atoms with E-state index in [-0.39, 0.29) is 0 Å². The van der Waals surface area contributed by atoms with Gasteiger partial charge in [0.2, 0.25) is 0 Å². The number of hydrogen-bond donors (Lipinski definition) is 1. The van der Waals surface area contributed by atoms with Gasteiger partial charge >= 0.3 is 0 Å². The third kappa shape index (κ3) is 2.51. The number of benzene rings is 1. The fourth-order valence-corrected chi connectivity index (χ4v) is 3.57. The molecular weight excluding hydrogens is 381 g/mol. The van der Waals surface area contributed by atoms with E-state index in [1.165, 1.54) is 0 Å². The summed E-state index contributed by atoms with van der Waals surface area (Å²) in [5, 5.41) is 6.95. The molecular formula is C13H8BrCl2N3S. The summed E-state index contributed by atoms with van der Waals surface area (Å²) in [5.41, 5.74) is 1.64. The van der Waals surface area contributed by atoms with Crippen molar-refractivity contribution >= 4 is 67.2 Å². The van der Waals surface area contributed by atoms with Crippen LogP contribution < -0.4 is 5.32 Å². The van der Waals surface area contributed by atoms with Crippen molar-refractivity contribution in [2.24, 2.45) is 0 Å². The summed E-state index contributed by atoms with van der Waals surface area (Å²) in [4.78, 5) is 9.08. The quantitative estimate of drug-likeness (QED) is 0.632. The number of thiophene rings is 1. The van der Waals surface area contributed by atoms with Crippen LogP contribution in [0.3, 0.4) is 0 Å². The normalized spacial score (nSPS) is 11.0. The second-order valence-corrected chi connectivity index (χ2v) is 7.20. The molecule has 1 aromatic carbocycles. The van der Waals surface area contributed by atoms with E-state index in [9.17, 15) is 0 Å². The van der Waals surface area contributed by atoms with Gasteiger partial charge in [-0.05, 0) is 34.1 Å². The van der Waals surface area contributed by atoms with Crippen LogP contribution in [0.15, 0.2) is 27.4 Å². The van der Waals surface area contributed by atoms with Crippen LogP contribution in [-0.2, 0) is 0 Å². The molecule has 0 atom stereocenters. The van der Waals surface area contributed by atoms with Crippen LogP contribution in [0.25, 0.3) is 22.3 Å². The number of anilines is 1. The molecule has 20 heavy (non-hydrogen) atoms. The van der Waals surface area contributed by atoms with E-state index in [4.69, 9.17) is 23.2 Å². The van der Waals surface area contributed by atoms with Crippen LogP contribution >= 0.6 is 50.5 Å². The summed E-state index contributed by atoms with van der Waals surface area (Å²) >= 11 is 17.3. The van der Waals surface area contributed by atoms with Crippen molar-refractivity contribution in [3.05, 3.63) is 37.4 Å².